The largest absolute Gasteiger partial charge is 0.496 e. The van der Waals surface area contributed by atoms with Crippen LogP contribution in [0.3, 0.4) is 0 Å². The van der Waals surface area contributed by atoms with Gasteiger partial charge in [0.25, 0.3) is 0 Å². The fraction of sp³-hybridized carbons (Fsp3) is 0.125. The second-order valence-electron chi connectivity index (χ2n) is 4.52. The zero-order valence-corrected chi connectivity index (χ0v) is 11.8. The zero-order valence-electron chi connectivity index (χ0n) is 11.0. The van der Waals surface area contributed by atoms with E-state index >= 15 is 0 Å². The molecule has 0 spiro atoms. The minimum atomic E-state index is -0.548. The summed E-state index contributed by atoms with van der Waals surface area (Å²) in [6, 6.07) is 12.2. The minimum Gasteiger partial charge on any atom is -0.496 e. The summed E-state index contributed by atoms with van der Waals surface area (Å²) in [6.07, 6.45) is 0. The van der Waals surface area contributed by atoms with Crippen LogP contribution in [-0.2, 0) is 0 Å². The SMILES string of the molecule is COc1cccc(F)c1C(N)c1cccc2ccsc12. The van der Waals surface area contributed by atoms with Gasteiger partial charge in [-0.2, -0.15) is 0 Å². The van der Waals surface area contributed by atoms with Crippen LogP contribution in [0.1, 0.15) is 17.2 Å². The number of rotatable bonds is 3. The first kappa shape index (κ1) is 13.1. The van der Waals surface area contributed by atoms with Crippen LogP contribution < -0.4 is 10.5 Å². The highest BCUT2D eigenvalue weighted by molar-refractivity contribution is 7.17. The third-order valence-electron chi connectivity index (χ3n) is 3.39. The molecule has 102 valence electrons. The number of halogens is 1. The first-order valence-corrected chi connectivity index (χ1v) is 7.14. The Labute approximate surface area is 120 Å². The standard InChI is InChI=1S/C16H14FNOS/c1-19-13-7-3-6-12(17)14(13)15(18)11-5-2-4-10-8-9-20-16(10)11/h2-9,15H,18H2,1H3. The second-order valence-corrected chi connectivity index (χ2v) is 5.44. The number of hydrogen-bond acceptors (Lipinski definition) is 3. The smallest absolute Gasteiger partial charge is 0.132 e. The van der Waals surface area contributed by atoms with Crippen molar-refractivity contribution in [1.82, 2.24) is 0 Å². The monoisotopic (exact) mass is 287 g/mol. The van der Waals surface area contributed by atoms with E-state index in [4.69, 9.17) is 10.5 Å². The summed E-state index contributed by atoms with van der Waals surface area (Å²) in [4.78, 5) is 0. The van der Waals surface area contributed by atoms with Crippen LogP contribution in [0.4, 0.5) is 4.39 Å². The van der Waals surface area contributed by atoms with E-state index in [-0.39, 0.29) is 5.82 Å². The number of fused-ring (bicyclic) bond motifs is 1. The Hall–Kier alpha value is -1.91. The predicted molar refractivity (Wildman–Crippen MR) is 80.8 cm³/mol. The minimum absolute atomic E-state index is 0.342. The van der Waals surface area contributed by atoms with E-state index in [0.29, 0.717) is 11.3 Å². The maximum Gasteiger partial charge on any atom is 0.132 e. The molecule has 0 aliphatic carbocycles. The van der Waals surface area contributed by atoms with Gasteiger partial charge in [0, 0.05) is 4.70 Å². The number of ether oxygens (including phenoxy) is 1. The summed E-state index contributed by atoms with van der Waals surface area (Å²) in [6.45, 7) is 0. The lowest BCUT2D eigenvalue weighted by Crippen LogP contribution is -2.15. The molecule has 1 heterocycles. The average molecular weight is 287 g/mol. The van der Waals surface area contributed by atoms with Crippen LogP contribution >= 0.6 is 11.3 Å². The molecule has 0 fully saturated rings. The molecule has 0 aliphatic heterocycles. The van der Waals surface area contributed by atoms with E-state index < -0.39 is 6.04 Å². The topological polar surface area (TPSA) is 35.2 Å². The number of methoxy groups -OCH3 is 1. The quantitative estimate of drug-likeness (QED) is 0.787. The summed E-state index contributed by atoms with van der Waals surface area (Å²) in [5.41, 5.74) is 7.62. The molecule has 2 N–H and O–H groups in total. The molecule has 2 aromatic carbocycles. The molecule has 0 radical (unpaired) electrons. The Morgan fingerprint density at radius 3 is 2.75 bits per heavy atom. The summed E-state index contributed by atoms with van der Waals surface area (Å²) < 4.78 is 20.5. The van der Waals surface area contributed by atoms with Gasteiger partial charge in [0.15, 0.2) is 0 Å². The van der Waals surface area contributed by atoms with Crippen LogP contribution in [-0.4, -0.2) is 7.11 Å². The number of hydrogen-bond donors (Lipinski definition) is 1. The summed E-state index contributed by atoms with van der Waals surface area (Å²) in [5.74, 6) is 0.136. The van der Waals surface area contributed by atoms with Gasteiger partial charge in [-0.3, -0.25) is 0 Å². The van der Waals surface area contributed by atoms with Gasteiger partial charge in [-0.1, -0.05) is 24.3 Å². The summed E-state index contributed by atoms with van der Waals surface area (Å²) in [5, 5.41) is 3.14. The van der Waals surface area contributed by atoms with Crippen molar-refractivity contribution in [3.63, 3.8) is 0 Å². The molecule has 1 unspecified atom stereocenters. The van der Waals surface area contributed by atoms with Crippen molar-refractivity contribution in [3.8, 4) is 5.75 Å². The Kier molecular flexibility index (Phi) is 3.42. The first-order chi connectivity index (χ1) is 9.72. The van der Waals surface area contributed by atoms with Gasteiger partial charge in [-0.05, 0) is 34.5 Å². The van der Waals surface area contributed by atoms with Crippen LogP contribution in [0.5, 0.6) is 5.75 Å². The van der Waals surface area contributed by atoms with Gasteiger partial charge in [-0.15, -0.1) is 11.3 Å². The molecule has 0 saturated carbocycles. The molecule has 0 amide bonds. The highest BCUT2D eigenvalue weighted by atomic mass is 32.1. The lowest BCUT2D eigenvalue weighted by atomic mass is 9.97. The zero-order chi connectivity index (χ0) is 14.1. The lowest BCUT2D eigenvalue weighted by Gasteiger charge is -2.17. The molecule has 0 saturated heterocycles. The van der Waals surface area contributed by atoms with E-state index in [9.17, 15) is 4.39 Å². The lowest BCUT2D eigenvalue weighted by molar-refractivity contribution is 0.402. The van der Waals surface area contributed by atoms with Crippen molar-refractivity contribution in [2.45, 2.75) is 6.04 Å². The highest BCUT2D eigenvalue weighted by Crippen LogP contribution is 2.35. The van der Waals surface area contributed by atoms with Gasteiger partial charge >= 0.3 is 0 Å². The van der Waals surface area contributed by atoms with Crippen LogP contribution in [0.15, 0.2) is 47.8 Å². The molecule has 20 heavy (non-hydrogen) atoms. The van der Waals surface area contributed by atoms with E-state index in [2.05, 4.69) is 0 Å². The first-order valence-electron chi connectivity index (χ1n) is 6.26. The highest BCUT2D eigenvalue weighted by Gasteiger charge is 2.20. The molecule has 1 aromatic heterocycles. The fourth-order valence-corrected chi connectivity index (χ4v) is 3.37. The van der Waals surface area contributed by atoms with Gasteiger partial charge in [0.05, 0.1) is 18.7 Å². The number of nitrogens with two attached hydrogens (primary N) is 1. The van der Waals surface area contributed by atoms with Crippen molar-refractivity contribution in [3.05, 3.63) is 64.8 Å². The van der Waals surface area contributed by atoms with Crippen molar-refractivity contribution >= 4 is 21.4 Å². The van der Waals surface area contributed by atoms with Crippen LogP contribution in [0.2, 0.25) is 0 Å². The Morgan fingerprint density at radius 1 is 1.15 bits per heavy atom. The average Bonchev–Trinajstić information content (AvgIpc) is 2.94. The molecule has 3 rings (SSSR count). The van der Waals surface area contributed by atoms with E-state index in [1.807, 2.05) is 29.6 Å². The number of thiophene rings is 1. The Morgan fingerprint density at radius 2 is 1.95 bits per heavy atom. The van der Waals surface area contributed by atoms with Crippen molar-refractivity contribution < 1.29 is 9.13 Å². The van der Waals surface area contributed by atoms with Crippen molar-refractivity contribution in [1.29, 1.82) is 0 Å². The Bertz CT molecular complexity index is 753. The van der Waals surface area contributed by atoms with E-state index in [0.717, 1.165) is 15.6 Å². The van der Waals surface area contributed by atoms with Crippen LogP contribution in [0, 0.1) is 5.82 Å². The Balaban J connectivity index is 2.18. The molecule has 3 aromatic rings. The maximum atomic E-state index is 14.1. The third-order valence-corrected chi connectivity index (χ3v) is 4.37. The van der Waals surface area contributed by atoms with E-state index in [1.165, 1.54) is 13.2 Å². The predicted octanol–water partition coefficient (Wildman–Crippen LogP) is 4.10. The maximum absolute atomic E-state index is 14.1. The van der Waals surface area contributed by atoms with Crippen molar-refractivity contribution in [2.24, 2.45) is 5.73 Å². The summed E-state index contributed by atoms with van der Waals surface area (Å²) in [7, 11) is 1.52. The molecule has 2 nitrogen and oxygen atoms in total. The van der Waals surface area contributed by atoms with Crippen LogP contribution in [0.25, 0.3) is 10.1 Å². The molecule has 4 heteroatoms. The fourth-order valence-electron chi connectivity index (χ4n) is 2.41. The molecule has 0 bridgehead atoms. The van der Waals surface area contributed by atoms with Gasteiger partial charge in [-0.25, -0.2) is 4.39 Å². The van der Waals surface area contributed by atoms with E-state index in [1.54, 1.807) is 23.5 Å². The second kappa shape index (κ2) is 5.23. The molecular formula is C16H14FNOS. The van der Waals surface area contributed by atoms with Gasteiger partial charge < -0.3 is 10.5 Å². The molecular weight excluding hydrogens is 273 g/mol. The molecule has 0 aliphatic rings. The van der Waals surface area contributed by atoms with Gasteiger partial charge in [0.1, 0.15) is 11.6 Å². The normalized spacial score (nSPS) is 12.6. The van der Waals surface area contributed by atoms with Gasteiger partial charge in [0.2, 0.25) is 0 Å². The molecule has 1 atom stereocenters. The number of benzene rings is 2. The van der Waals surface area contributed by atoms with Crippen molar-refractivity contribution in [2.75, 3.05) is 7.11 Å². The summed E-state index contributed by atoms with van der Waals surface area (Å²) >= 11 is 1.61. The third kappa shape index (κ3) is 2.07.